The van der Waals surface area contributed by atoms with Gasteiger partial charge in [-0.1, -0.05) is 48.0 Å². The average molecular weight is 416 g/mol. The molecule has 2 N–H and O–H groups in total. The van der Waals surface area contributed by atoms with Crippen molar-refractivity contribution in [3.63, 3.8) is 0 Å². The van der Waals surface area contributed by atoms with Gasteiger partial charge in [-0.3, -0.25) is 10.1 Å². The Hall–Kier alpha value is -2.90. The number of anilines is 2. The van der Waals surface area contributed by atoms with E-state index in [4.69, 9.17) is 16.3 Å². The van der Waals surface area contributed by atoms with Crippen molar-refractivity contribution in [2.45, 2.75) is 13.3 Å². The Bertz CT molecular complexity index is 976. The molecule has 3 rings (SSSR count). The first-order valence-corrected chi connectivity index (χ1v) is 9.79. The molecule has 0 aliphatic rings. The molecule has 0 bridgehead atoms. The van der Waals surface area contributed by atoms with Crippen molar-refractivity contribution in [2.24, 2.45) is 0 Å². The topological polar surface area (TPSA) is 80.3 Å². The summed E-state index contributed by atoms with van der Waals surface area (Å²) in [4.78, 5) is 29.5. The van der Waals surface area contributed by atoms with E-state index in [1.54, 1.807) is 31.2 Å². The van der Waals surface area contributed by atoms with Crippen LogP contribution in [0.2, 0.25) is 5.02 Å². The zero-order chi connectivity index (χ0) is 19.9. The van der Waals surface area contributed by atoms with Crippen LogP contribution in [0.15, 0.2) is 54.6 Å². The summed E-state index contributed by atoms with van der Waals surface area (Å²) in [6.45, 7) is 2.07. The highest BCUT2D eigenvalue weighted by molar-refractivity contribution is 7.16. The fourth-order valence-electron chi connectivity index (χ4n) is 2.52. The Morgan fingerprint density at radius 1 is 1.11 bits per heavy atom. The molecular formula is C20H18ClN3O3S. The lowest BCUT2D eigenvalue weighted by molar-refractivity contribution is -0.142. The number of halogens is 1. The molecule has 0 spiro atoms. The molecule has 28 heavy (non-hydrogen) atoms. The minimum Gasteiger partial charge on any atom is -0.466 e. The van der Waals surface area contributed by atoms with Crippen LogP contribution in [0, 0.1) is 0 Å². The van der Waals surface area contributed by atoms with Gasteiger partial charge in [-0.25, -0.2) is 9.78 Å². The van der Waals surface area contributed by atoms with Crippen LogP contribution in [-0.2, 0) is 16.0 Å². The highest BCUT2D eigenvalue weighted by Crippen LogP contribution is 2.32. The maximum atomic E-state index is 12.3. The van der Waals surface area contributed by atoms with Gasteiger partial charge in [-0.2, -0.15) is 0 Å². The predicted molar refractivity (Wildman–Crippen MR) is 112 cm³/mol. The van der Waals surface area contributed by atoms with E-state index >= 15 is 0 Å². The molecule has 0 saturated carbocycles. The van der Waals surface area contributed by atoms with Crippen molar-refractivity contribution in [1.29, 1.82) is 0 Å². The van der Waals surface area contributed by atoms with Crippen molar-refractivity contribution in [3.05, 3.63) is 64.5 Å². The van der Waals surface area contributed by atoms with Crippen LogP contribution in [0.25, 0.3) is 11.3 Å². The van der Waals surface area contributed by atoms with E-state index in [9.17, 15) is 9.59 Å². The highest BCUT2D eigenvalue weighted by Gasteiger charge is 2.18. The van der Waals surface area contributed by atoms with Crippen molar-refractivity contribution >= 4 is 45.8 Å². The van der Waals surface area contributed by atoms with Crippen LogP contribution in [0.3, 0.4) is 0 Å². The SMILES string of the molecule is CCOC(=O)Cc1sc(NC(=O)Nc2cccc(Cl)c2)nc1-c1ccccc1. The van der Waals surface area contributed by atoms with Gasteiger partial charge in [0.05, 0.1) is 18.7 Å². The number of hydrogen-bond acceptors (Lipinski definition) is 5. The number of aromatic nitrogens is 1. The normalized spacial score (nSPS) is 10.4. The van der Waals surface area contributed by atoms with E-state index in [-0.39, 0.29) is 12.4 Å². The van der Waals surface area contributed by atoms with E-state index in [0.717, 1.165) is 10.4 Å². The van der Waals surface area contributed by atoms with Gasteiger partial charge in [-0.15, -0.1) is 11.3 Å². The van der Waals surface area contributed by atoms with E-state index in [1.165, 1.54) is 11.3 Å². The van der Waals surface area contributed by atoms with Crippen LogP contribution in [0.4, 0.5) is 15.6 Å². The fourth-order valence-corrected chi connectivity index (χ4v) is 3.67. The van der Waals surface area contributed by atoms with Crippen molar-refractivity contribution in [1.82, 2.24) is 4.98 Å². The number of carbonyl (C=O) groups excluding carboxylic acids is 2. The van der Waals surface area contributed by atoms with Gasteiger partial charge in [0.1, 0.15) is 0 Å². The summed E-state index contributed by atoms with van der Waals surface area (Å²) in [5.41, 5.74) is 2.08. The Balaban J connectivity index is 1.80. The molecule has 0 aliphatic carbocycles. The fraction of sp³-hybridized carbons (Fsp3) is 0.150. The average Bonchev–Trinajstić information content (AvgIpc) is 3.04. The van der Waals surface area contributed by atoms with Gasteiger partial charge in [-0.05, 0) is 25.1 Å². The molecule has 0 aliphatic heterocycles. The number of hydrogen-bond donors (Lipinski definition) is 2. The second-order valence-corrected chi connectivity index (χ2v) is 7.25. The molecule has 6 nitrogen and oxygen atoms in total. The molecule has 0 atom stereocenters. The zero-order valence-corrected chi connectivity index (χ0v) is 16.6. The molecule has 2 amide bonds. The Kier molecular flexibility index (Phi) is 6.62. The maximum Gasteiger partial charge on any atom is 0.325 e. The number of rotatable bonds is 6. The molecule has 0 unspecified atom stereocenters. The van der Waals surface area contributed by atoms with Crippen molar-refractivity contribution in [2.75, 3.05) is 17.2 Å². The van der Waals surface area contributed by atoms with E-state index in [2.05, 4.69) is 15.6 Å². The third-order valence-corrected chi connectivity index (χ3v) is 4.86. The summed E-state index contributed by atoms with van der Waals surface area (Å²) in [5.74, 6) is -0.335. The van der Waals surface area contributed by atoms with Gasteiger partial charge < -0.3 is 10.1 Å². The lowest BCUT2D eigenvalue weighted by Gasteiger charge is -2.05. The third kappa shape index (κ3) is 5.31. The number of ether oxygens (including phenoxy) is 1. The van der Waals surface area contributed by atoms with Crippen molar-refractivity contribution in [3.8, 4) is 11.3 Å². The lowest BCUT2D eigenvalue weighted by Crippen LogP contribution is -2.19. The van der Waals surface area contributed by atoms with Gasteiger partial charge in [0, 0.05) is 21.2 Å². The molecule has 1 aromatic heterocycles. The molecule has 0 radical (unpaired) electrons. The first-order chi connectivity index (χ1) is 13.5. The molecule has 1 heterocycles. The Labute approximate surface area is 171 Å². The zero-order valence-electron chi connectivity index (χ0n) is 15.1. The first kappa shape index (κ1) is 19.9. The van der Waals surface area contributed by atoms with E-state index in [1.807, 2.05) is 30.3 Å². The highest BCUT2D eigenvalue weighted by atomic mass is 35.5. The number of esters is 1. The van der Waals surface area contributed by atoms with Gasteiger partial charge in [0.2, 0.25) is 0 Å². The molecule has 0 saturated heterocycles. The summed E-state index contributed by atoms with van der Waals surface area (Å²) in [6.07, 6.45) is 0.0906. The van der Waals surface area contributed by atoms with Gasteiger partial charge in [0.25, 0.3) is 0 Å². The summed E-state index contributed by atoms with van der Waals surface area (Å²) < 4.78 is 5.04. The molecule has 3 aromatic rings. The number of nitrogens with zero attached hydrogens (tertiary/aromatic N) is 1. The lowest BCUT2D eigenvalue weighted by atomic mass is 10.1. The molecular weight excluding hydrogens is 398 g/mol. The molecule has 144 valence electrons. The molecule has 0 fully saturated rings. The summed E-state index contributed by atoms with van der Waals surface area (Å²) in [5, 5.41) is 6.32. The molecule has 8 heteroatoms. The Morgan fingerprint density at radius 3 is 2.61 bits per heavy atom. The van der Waals surface area contributed by atoms with Crippen LogP contribution in [-0.4, -0.2) is 23.6 Å². The van der Waals surface area contributed by atoms with E-state index < -0.39 is 6.03 Å². The van der Waals surface area contributed by atoms with Gasteiger partial charge in [0.15, 0.2) is 5.13 Å². The number of thiazole rings is 1. The van der Waals surface area contributed by atoms with E-state index in [0.29, 0.717) is 28.1 Å². The van der Waals surface area contributed by atoms with Crippen LogP contribution >= 0.6 is 22.9 Å². The minimum absolute atomic E-state index is 0.0906. The monoisotopic (exact) mass is 415 g/mol. The number of carbonyl (C=O) groups is 2. The summed E-state index contributed by atoms with van der Waals surface area (Å²) in [6, 6.07) is 15.9. The first-order valence-electron chi connectivity index (χ1n) is 8.59. The van der Waals surface area contributed by atoms with Gasteiger partial charge >= 0.3 is 12.0 Å². The standard InChI is InChI=1S/C20H18ClN3O3S/c1-2-27-17(25)12-16-18(13-7-4-3-5-8-13)23-20(28-16)24-19(26)22-15-10-6-9-14(21)11-15/h3-11H,2,12H2,1H3,(H2,22,23,24,26). The quantitative estimate of drug-likeness (QED) is 0.541. The second kappa shape index (κ2) is 9.34. The number of benzene rings is 2. The summed E-state index contributed by atoms with van der Waals surface area (Å²) >= 11 is 7.17. The summed E-state index contributed by atoms with van der Waals surface area (Å²) in [7, 11) is 0. The predicted octanol–water partition coefficient (Wildman–Crippen LogP) is 5.21. The third-order valence-electron chi connectivity index (χ3n) is 3.66. The number of amides is 2. The van der Waals surface area contributed by atoms with Crippen molar-refractivity contribution < 1.29 is 14.3 Å². The minimum atomic E-state index is -0.446. The number of nitrogens with one attached hydrogen (secondary N) is 2. The largest absolute Gasteiger partial charge is 0.466 e. The smallest absolute Gasteiger partial charge is 0.325 e. The number of urea groups is 1. The van der Waals surface area contributed by atoms with Crippen LogP contribution in [0.1, 0.15) is 11.8 Å². The molecule has 2 aromatic carbocycles. The van der Waals surface area contributed by atoms with Crippen LogP contribution < -0.4 is 10.6 Å². The Morgan fingerprint density at radius 2 is 1.89 bits per heavy atom. The second-order valence-electron chi connectivity index (χ2n) is 5.73. The maximum absolute atomic E-state index is 12.3. The van der Waals surface area contributed by atoms with Crippen LogP contribution in [0.5, 0.6) is 0 Å².